The third-order valence-electron chi connectivity index (χ3n) is 3.10. The van der Waals surface area contributed by atoms with E-state index in [-0.39, 0.29) is 5.82 Å². The molecule has 0 aliphatic heterocycles. The maximum atomic E-state index is 13.6. The summed E-state index contributed by atoms with van der Waals surface area (Å²) in [6.07, 6.45) is 2.05. The van der Waals surface area contributed by atoms with Crippen molar-refractivity contribution in [1.82, 2.24) is 9.88 Å². The molecule has 5 heteroatoms. The summed E-state index contributed by atoms with van der Waals surface area (Å²) in [5, 5.41) is 11.1. The predicted molar refractivity (Wildman–Crippen MR) is 79.2 cm³/mol. The molecule has 0 fully saturated rings. The lowest BCUT2D eigenvalue weighted by atomic mass is 10.1. The molecular formula is C15H19FN2OS. The topological polar surface area (TPSA) is 36.4 Å². The third kappa shape index (κ3) is 3.85. The van der Waals surface area contributed by atoms with Crippen LogP contribution in [-0.4, -0.2) is 28.6 Å². The second-order valence-corrected chi connectivity index (χ2v) is 6.01. The van der Waals surface area contributed by atoms with E-state index in [4.69, 9.17) is 0 Å². The average molecular weight is 294 g/mol. The van der Waals surface area contributed by atoms with E-state index in [2.05, 4.69) is 11.9 Å². The first-order valence-corrected chi connectivity index (χ1v) is 7.46. The first kappa shape index (κ1) is 15.1. The number of rotatable bonds is 6. The monoisotopic (exact) mass is 294 g/mol. The molecule has 0 spiro atoms. The number of hydrogen-bond acceptors (Lipinski definition) is 4. The number of aliphatic hydroxyl groups is 1. The van der Waals surface area contributed by atoms with Crippen LogP contribution in [0.15, 0.2) is 30.5 Å². The lowest BCUT2D eigenvalue weighted by molar-refractivity contribution is 0.120. The molecule has 0 amide bonds. The molecule has 1 aromatic carbocycles. The lowest BCUT2D eigenvalue weighted by Crippen LogP contribution is -2.24. The van der Waals surface area contributed by atoms with Crippen LogP contribution in [0.25, 0.3) is 0 Å². The molecule has 108 valence electrons. The van der Waals surface area contributed by atoms with E-state index in [0.29, 0.717) is 18.7 Å². The fraction of sp³-hybridized carbons (Fsp3) is 0.400. The Labute approximate surface area is 122 Å². The summed E-state index contributed by atoms with van der Waals surface area (Å²) in [7, 11) is 1.90. The van der Waals surface area contributed by atoms with Crippen molar-refractivity contribution in [3.63, 3.8) is 0 Å². The molecule has 20 heavy (non-hydrogen) atoms. The van der Waals surface area contributed by atoms with Crippen LogP contribution in [0.3, 0.4) is 0 Å². The summed E-state index contributed by atoms with van der Waals surface area (Å²) in [6, 6.07) is 6.34. The minimum atomic E-state index is -0.827. The number of thiazole rings is 1. The zero-order valence-corrected chi connectivity index (χ0v) is 12.5. The largest absolute Gasteiger partial charge is 0.387 e. The van der Waals surface area contributed by atoms with Gasteiger partial charge in [-0.15, -0.1) is 11.3 Å². The minimum absolute atomic E-state index is 0.340. The molecule has 2 aromatic rings. The highest BCUT2D eigenvalue weighted by molar-refractivity contribution is 7.11. The molecule has 1 aromatic heterocycles. The Hall–Kier alpha value is -1.30. The summed E-state index contributed by atoms with van der Waals surface area (Å²) in [5.41, 5.74) is 0.340. The zero-order chi connectivity index (χ0) is 14.5. The highest BCUT2D eigenvalue weighted by Crippen LogP contribution is 2.19. The first-order valence-electron chi connectivity index (χ1n) is 6.64. The van der Waals surface area contributed by atoms with Gasteiger partial charge in [-0.25, -0.2) is 9.37 Å². The maximum absolute atomic E-state index is 13.6. The second kappa shape index (κ2) is 6.92. The Morgan fingerprint density at radius 1 is 1.40 bits per heavy atom. The van der Waals surface area contributed by atoms with Crippen LogP contribution in [0.4, 0.5) is 4.39 Å². The summed E-state index contributed by atoms with van der Waals surface area (Å²) in [5.74, 6) is -0.365. The van der Waals surface area contributed by atoms with E-state index < -0.39 is 6.10 Å². The van der Waals surface area contributed by atoms with E-state index >= 15 is 0 Å². The fourth-order valence-corrected chi connectivity index (χ4v) is 2.96. The van der Waals surface area contributed by atoms with Gasteiger partial charge >= 0.3 is 0 Å². The summed E-state index contributed by atoms with van der Waals surface area (Å²) in [6.45, 7) is 3.14. The minimum Gasteiger partial charge on any atom is -0.387 e. The van der Waals surface area contributed by atoms with Crippen LogP contribution in [0, 0.1) is 5.82 Å². The van der Waals surface area contributed by atoms with E-state index in [9.17, 15) is 9.50 Å². The van der Waals surface area contributed by atoms with Crippen molar-refractivity contribution in [1.29, 1.82) is 0 Å². The fourth-order valence-electron chi connectivity index (χ4n) is 2.02. The van der Waals surface area contributed by atoms with Crippen LogP contribution in [-0.2, 0) is 13.0 Å². The normalized spacial score (nSPS) is 12.8. The van der Waals surface area contributed by atoms with Gasteiger partial charge in [-0.3, -0.25) is 4.90 Å². The first-order chi connectivity index (χ1) is 9.60. The van der Waals surface area contributed by atoms with Crippen molar-refractivity contribution in [2.24, 2.45) is 0 Å². The molecule has 2 rings (SSSR count). The third-order valence-corrected chi connectivity index (χ3v) is 4.23. The van der Waals surface area contributed by atoms with Gasteiger partial charge in [-0.05, 0) is 19.5 Å². The molecule has 1 heterocycles. The smallest absolute Gasteiger partial charge is 0.129 e. The Morgan fingerprint density at radius 2 is 2.15 bits per heavy atom. The number of aromatic nitrogens is 1. The van der Waals surface area contributed by atoms with Gasteiger partial charge in [0.2, 0.25) is 0 Å². The van der Waals surface area contributed by atoms with E-state index in [1.165, 1.54) is 10.9 Å². The second-order valence-electron chi connectivity index (χ2n) is 4.81. The van der Waals surface area contributed by atoms with Gasteiger partial charge in [0.15, 0.2) is 0 Å². The Balaban J connectivity index is 1.94. The van der Waals surface area contributed by atoms with Crippen LogP contribution in [0.2, 0.25) is 0 Å². The van der Waals surface area contributed by atoms with Crippen LogP contribution in [0.1, 0.15) is 28.5 Å². The maximum Gasteiger partial charge on any atom is 0.129 e. The van der Waals surface area contributed by atoms with Crippen molar-refractivity contribution >= 4 is 11.3 Å². The number of benzene rings is 1. The molecule has 0 aliphatic rings. The molecule has 1 unspecified atom stereocenters. The number of nitrogens with zero attached hydrogens (tertiary/aromatic N) is 2. The number of hydrogen-bond donors (Lipinski definition) is 1. The van der Waals surface area contributed by atoms with Gasteiger partial charge in [-0.1, -0.05) is 25.1 Å². The van der Waals surface area contributed by atoms with Crippen molar-refractivity contribution in [2.45, 2.75) is 26.0 Å². The Kier molecular flexibility index (Phi) is 5.23. The number of halogens is 1. The van der Waals surface area contributed by atoms with Crippen LogP contribution < -0.4 is 0 Å². The molecule has 0 saturated carbocycles. The quantitative estimate of drug-likeness (QED) is 0.889. The summed E-state index contributed by atoms with van der Waals surface area (Å²) < 4.78 is 13.6. The predicted octanol–water partition coefficient (Wildman–Crippen LogP) is 3.01. The van der Waals surface area contributed by atoms with Crippen molar-refractivity contribution in [3.05, 3.63) is 51.7 Å². The molecule has 0 radical (unpaired) electrons. The van der Waals surface area contributed by atoms with Crippen molar-refractivity contribution < 1.29 is 9.50 Å². The van der Waals surface area contributed by atoms with E-state index in [1.807, 2.05) is 18.1 Å². The van der Waals surface area contributed by atoms with Gasteiger partial charge in [0.05, 0.1) is 12.6 Å². The summed E-state index contributed by atoms with van der Waals surface area (Å²) in [4.78, 5) is 7.55. The van der Waals surface area contributed by atoms with Crippen molar-refractivity contribution in [3.8, 4) is 0 Å². The van der Waals surface area contributed by atoms with Crippen LogP contribution >= 0.6 is 11.3 Å². The van der Waals surface area contributed by atoms with Gasteiger partial charge in [0.25, 0.3) is 0 Å². The zero-order valence-electron chi connectivity index (χ0n) is 11.7. The molecule has 1 atom stereocenters. The van der Waals surface area contributed by atoms with Crippen molar-refractivity contribution in [2.75, 3.05) is 13.6 Å². The Bertz CT molecular complexity index is 558. The molecule has 3 nitrogen and oxygen atoms in total. The number of aryl methyl sites for hydroxylation is 1. The molecule has 0 aliphatic carbocycles. The Morgan fingerprint density at radius 3 is 2.80 bits per heavy atom. The molecule has 0 saturated heterocycles. The highest BCUT2D eigenvalue weighted by atomic mass is 32.1. The standard InChI is InChI=1S/C15H19FN2OS/c1-3-11-8-17-15(20-11)10-18(2)9-14(19)12-6-4-5-7-13(12)16/h4-8,14,19H,3,9-10H2,1-2H3. The van der Waals surface area contributed by atoms with Gasteiger partial charge in [-0.2, -0.15) is 0 Å². The van der Waals surface area contributed by atoms with E-state index in [0.717, 1.165) is 11.4 Å². The van der Waals surface area contributed by atoms with Gasteiger partial charge < -0.3 is 5.11 Å². The van der Waals surface area contributed by atoms with Crippen LogP contribution in [0.5, 0.6) is 0 Å². The number of aliphatic hydroxyl groups excluding tert-OH is 1. The highest BCUT2D eigenvalue weighted by Gasteiger charge is 2.15. The molecule has 0 bridgehead atoms. The molecule has 1 N–H and O–H groups in total. The van der Waals surface area contributed by atoms with Gasteiger partial charge in [0.1, 0.15) is 10.8 Å². The van der Waals surface area contributed by atoms with Gasteiger partial charge in [0, 0.05) is 23.2 Å². The SMILES string of the molecule is CCc1cnc(CN(C)CC(O)c2ccccc2F)s1. The molecular weight excluding hydrogens is 275 g/mol. The van der Waals surface area contributed by atoms with E-state index in [1.54, 1.807) is 29.5 Å². The number of likely N-dealkylation sites (N-methyl/N-ethyl adjacent to an activating group) is 1. The summed E-state index contributed by atoms with van der Waals surface area (Å²) >= 11 is 1.68. The average Bonchev–Trinajstić information content (AvgIpc) is 2.86. The lowest BCUT2D eigenvalue weighted by Gasteiger charge is -2.20.